The Balaban J connectivity index is 3.25. The quantitative estimate of drug-likeness (QED) is 0.499. The van der Waals surface area contributed by atoms with Crippen molar-refractivity contribution in [3.63, 3.8) is 0 Å². The van der Waals surface area contributed by atoms with Crippen LogP contribution < -0.4 is 0 Å². The molecule has 0 aliphatic heterocycles. The van der Waals surface area contributed by atoms with E-state index in [9.17, 15) is 19.4 Å². The number of rotatable bonds is 3. The molecule has 0 fully saturated rings. The third kappa shape index (κ3) is 3.68. The Morgan fingerprint density at radius 3 is 2.25 bits per heavy atom. The molecule has 0 aromatic heterocycles. The summed E-state index contributed by atoms with van der Waals surface area (Å²) in [5.41, 5.74) is 0.0337. The van der Waals surface area contributed by atoms with E-state index >= 15 is 0 Å². The molecule has 1 aromatic rings. The SMILES string of the molecule is FS(F)(F)(F)(F)c1cccc(C=CCCl)c1. The Morgan fingerprint density at radius 2 is 1.75 bits per heavy atom. The van der Waals surface area contributed by atoms with Crippen molar-refractivity contribution in [1.82, 2.24) is 0 Å². The Bertz CT molecular complexity index is 422. The van der Waals surface area contributed by atoms with Crippen LogP contribution in [0.4, 0.5) is 19.4 Å². The van der Waals surface area contributed by atoms with Gasteiger partial charge in [-0.25, -0.2) is 0 Å². The molecule has 0 spiro atoms. The minimum Gasteiger partial charge on any atom is -0.122 e. The summed E-state index contributed by atoms with van der Waals surface area (Å²) in [5.74, 6) is 0.0979. The van der Waals surface area contributed by atoms with Gasteiger partial charge in [-0.05, 0) is 17.7 Å². The summed E-state index contributed by atoms with van der Waals surface area (Å²) in [7, 11) is -9.57. The molecular formula is C9H8ClF5S. The van der Waals surface area contributed by atoms with Crippen LogP contribution in [0.1, 0.15) is 5.56 Å². The fourth-order valence-electron chi connectivity index (χ4n) is 1.04. The van der Waals surface area contributed by atoms with E-state index in [2.05, 4.69) is 0 Å². The van der Waals surface area contributed by atoms with E-state index in [-0.39, 0.29) is 11.4 Å². The minimum atomic E-state index is -9.57. The zero-order valence-electron chi connectivity index (χ0n) is 7.85. The third-order valence-corrected chi connectivity index (χ3v) is 3.03. The number of allylic oxidation sites excluding steroid dienone is 1. The first-order valence-corrected chi connectivity index (χ1v) is 6.58. The predicted octanol–water partition coefficient (Wildman–Crippen LogP) is 5.60. The van der Waals surface area contributed by atoms with E-state index in [1.165, 1.54) is 18.2 Å². The Labute approximate surface area is 94.4 Å². The summed E-state index contributed by atoms with van der Waals surface area (Å²) >= 11 is 5.29. The van der Waals surface area contributed by atoms with Gasteiger partial charge in [0, 0.05) is 5.88 Å². The molecule has 0 bridgehead atoms. The first-order chi connectivity index (χ1) is 7.03. The maximum atomic E-state index is 12.4. The molecule has 0 aliphatic carbocycles. The molecule has 1 aromatic carbocycles. The minimum absolute atomic E-state index is 0.0337. The first-order valence-electron chi connectivity index (χ1n) is 4.09. The number of alkyl halides is 1. The van der Waals surface area contributed by atoms with E-state index < -0.39 is 15.1 Å². The Morgan fingerprint density at radius 1 is 1.12 bits per heavy atom. The van der Waals surface area contributed by atoms with Crippen LogP contribution >= 0.6 is 21.8 Å². The predicted molar refractivity (Wildman–Crippen MR) is 57.6 cm³/mol. The van der Waals surface area contributed by atoms with Crippen molar-refractivity contribution in [2.45, 2.75) is 4.90 Å². The van der Waals surface area contributed by atoms with E-state index in [0.29, 0.717) is 12.1 Å². The molecule has 0 N–H and O–H groups in total. The van der Waals surface area contributed by atoms with E-state index in [1.54, 1.807) is 0 Å². The average Bonchev–Trinajstić information content (AvgIpc) is 2.12. The van der Waals surface area contributed by atoms with Gasteiger partial charge in [0.2, 0.25) is 0 Å². The highest BCUT2D eigenvalue weighted by Crippen LogP contribution is 3.02. The van der Waals surface area contributed by atoms with Crippen molar-refractivity contribution in [2.75, 3.05) is 5.88 Å². The molecular weight excluding hydrogens is 271 g/mol. The van der Waals surface area contributed by atoms with Gasteiger partial charge >= 0.3 is 10.2 Å². The van der Waals surface area contributed by atoms with Gasteiger partial charge in [0.05, 0.1) is 0 Å². The van der Waals surface area contributed by atoms with Crippen LogP contribution in [0.5, 0.6) is 0 Å². The van der Waals surface area contributed by atoms with Gasteiger partial charge in [0.25, 0.3) is 0 Å². The van der Waals surface area contributed by atoms with Gasteiger partial charge in [-0.2, -0.15) is 0 Å². The summed E-state index contributed by atoms with van der Waals surface area (Å²) in [5, 5.41) is 0. The number of hydrogen-bond donors (Lipinski definition) is 0. The van der Waals surface area contributed by atoms with Gasteiger partial charge in [-0.15, -0.1) is 11.6 Å². The lowest BCUT2D eigenvalue weighted by molar-refractivity contribution is 0.364. The molecule has 0 aliphatic rings. The van der Waals surface area contributed by atoms with E-state index in [0.717, 1.165) is 6.07 Å². The van der Waals surface area contributed by atoms with E-state index in [1.807, 2.05) is 0 Å². The summed E-state index contributed by atoms with van der Waals surface area (Å²) in [4.78, 5) is -1.89. The zero-order chi connectivity index (χ0) is 12.5. The molecule has 0 heterocycles. The lowest BCUT2D eigenvalue weighted by Gasteiger charge is -2.40. The molecule has 0 amide bonds. The molecule has 0 radical (unpaired) electrons. The van der Waals surface area contributed by atoms with Crippen LogP contribution in [0.3, 0.4) is 0 Å². The second-order valence-electron chi connectivity index (χ2n) is 3.10. The van der Waals surface area contributed by atoms with Crippen LogP contribution in [0.15, 0.2) is 35.2 Å². The van der Waals surface area contributed by atoms with Crippen molar-refractivity contribution in [3.8, 4) is 0 Å². The van der Waals surface area contributed by atoms with Crippen LogP contribution in [-0.2, 0) is 0 Å². The monoisotopic (exact) mass is 278 g/mol. The largest absolute Gasteiger partial charge is 0.310 e. The van der Waals surface area contributed by atoms with Gasteiger partial charge in [0.15, 0.2) is 0 Å². The number of benzene rings is 1. The molecule has 16 heavy (non-hydrogen) atoms. The molecule has 7 heteroatoms. The van der Waals surface area contributed by atoms with Gasteiger partial charge in [0.1, 0.15) is 4.90 Å². The second kappa shape index (κ2) is 3.37. The smallest absolute Gasteiger partial charge is 0.122 e. The zero-order valence-corrected chi connectivity index (χ0v) is 9.42. The fraction of sp³-hybridized carbons (Fsp3) is 0.111. The van der Waals surface area contributed by atoms with Gasteiger partial charge < -0.3 is 0 Å². The van der Waals surface area contributed by atoms with Crippen molar-refractivity contribution in [3.05, 3.63) is 35.9 Å². The maximum absolute atomic E-state index is 12.4. The van der Waals surface area contributed by atoms with Crippen molar-refractivity contribution in [1.29, 1.82) is 0 Å². The summed E-state index contributed by atoms with van der Waals surface area (Å²) in [6.07, 6.45) is 2.62. The van der Waals surface area contributed by atoms with Crippen LogP contribution in [0.2, 0.25) is 0 Å². The van der Waals surface area contributed by atoms with Crippen molar-refractivity contribution >= 4 is 27.9 Å². The second-order valence-corrected chi connectivity index (χ2v) is 5.82. The van der Waals surface area contributed by atoms with Gasteiger partial charge in [-0.1, -0.05) is 43.7 Å². The summed E-state index contributed by atoms with van der Waals surface area (Å²) in [6, 6.07) is 2.99. The highest BCUT2D eigenvalue weighted by Gasteiger charge is 2.65. The van der Waals surface area contributed by atoms with Crippen LogP contribution in [0.25, 0.3) is 6.08 Å². The molecule has 0 saturated heterocycles. The molecule has 0 nitrogen and oxygen atoms in total. The molecule has 0 atom stereocenters. The molecule has 92 valence electrons. The van der Waals surface area contributed by atoms with Crippen molar-refractivity contribution in [2.24, 2.45) is 0 Å². The molecule has 1 rings (SSSR count). The number of halogens is 6. The lowest BCUT2D eigenvalue weighted by atomic mass is 10.2. The highest BCUT2D eigenvalue weighted by atomic mass is 35.5. The Hall–Kier alpha value is -0.750. The van der Waals surface area contributed by atoms with Crippen LogP contribution in [0, 0.1) is 0 Å². The third-order valence-electron chi connectivity index (χ3n) is 1.70. The normalized spacial score (nSPS) is 17.1. The standard InChI is InChI=1S/C9H8ClF5S/c10-6-2-4-8-3-1-5-9(7-8)16(11,12,13,14)15/h1-5,7H,6H2. The van der Waals surface area contributed by atoms with Crippen LogP contribution in [-0.4, -0.2) is 5.88 Å². The fourth-order valence-corrected chi connectivity index (χ4v) is 1.82. The first kappa shape index (κ1) is 13.3. The lowest BCUT2D eigenvalue weighted by Crippen LogP contribution is -2.05. The maximum Gasteiger partial charge on any atom is 0.310 e. The summed E-state index contributed by atoms with van der Waals surface area (Å²) < 4.78 is 62.0. The van der Waals surface area contributed by atoms with Gasteiger partial charge in [-0.3, -0.25) is 0 Å². The molecule has 0 unspecified atom stereocenters. The van der Waals surface area contributed by atoms with Crippen molar-refractivity contribution < 1.29 is 19.4 Å². The topological polar surface area (TPSA) is 0 Å². The average molecular weight is 279 g/mol. The Kier molecular flexibility index (Phi) is 2.80. The highest BCUT2D eigenvalue weighted by molar-refractivity contribution is 8.45. The summed E-state index contributed by atoms with van der Waals surface area (Å²) in [6.45, 7) is 0. The molecule has 0 saturated carbocycles. The number of hydrogen-bond acceptors (Lipinski definition) is 0. The van der Waals surface area contributed by atoms with E-state index in [4.69, 9.17) is 11.6 Å².